The number of nitrogens with one attached hydrogen (secondary N) is 1. The molecule has 0 radical (unpaired) electrons. The van der Waals surface area contributed by atoms with Crippen molar-refractivity contribution in [2.45, 2.75) is 6.92 Å². The van der Waals surface area contributed by atoms with Crippen molar-refractivity contribution in [3.63, 3.8) is 0 Å². The zero-order valence-electron chi connectivity index (χ0n) is 14.4. The minimum Gasteiger partial charge on any atom is -0.482 e. The molecule has 0 aromatic heterocycles. The van der Waals surface area contributed by atoms with Crippen LogP contribution in [0.1, 0.15) is 5.56 Å². The zero-order valence-corrected chi connectivity index (χ0v) is 14.4. The van der Waals surface area contributed by atoms with Crippen LogP contribution in [0.3, 0.4) is 0 Å². The van der Waals surface area contributed by atoms with Crippen LogP contribution in [0.5, 0.6) is 5.75 Å². The van der Waals surface area contributed by atoms with Crippen LogP contribution < -0.4 is 10.1 Å². The van der Waals surface area contributed by atoms with Gasteiger partial charge in [-0.3, -0.25) is 4.79 Å². The lowest BCUT2D eigenvalue weighted by Gasteiger charge is -2.10. The molecule has 0 unspecified atom stereocenters. The number of hydrogen-bond donors (Lipinski definition) is 1. The van der Waals surface area contributed by atoms with E-state index < -0.39 is 11.9 Å². The fourth-order valence-electron chi connectivity index (χ4n) is 2.56. The highest BCUT2D eigenvalue weighted by Gasteiger charge is 2.10. The second kappa shape index (κ2) is 8.16. The Morgan fingerprint density at radius 1 is 0.885 bits per heavy atom. The minimum atomic E-state index is -0.596. The molecule has 1 amide bonds. The summed E-state index contributed by atoms with van der Waals surface area (Å²) < 4.78 is 10.4. The van der Waals surface area contributed by atoms with Crippen molar-refractivity contribution in [2.75, 3.05) is 18.5 Å². The van der Waals surface area contributed by atoms with Crippen LogP contribution in [-0.4, -0.2) is 25.1 Å². The average Bonchev–Trinajstić information content (AvgIpc) is 2.66. The molecule has 5 nitrogen and oxygen atoms in total. The Labute approximate surface area is 151 Å². The maximum absolute atomic E-state index is 12.1. The highest BCUT2D eigenvalue weighted by Crippen LogP contribution is 2.22. The predicted molar refractivity (Wildman–Crippen MR) is 100 cm³/mol. The van der Waals surface area contributed by atoms with Gasteiger partial charge in [-0.2, -0.15) is 0 Å². The monoisotopic (exact) mass is 349 g/mol. The molecule has 3 aromatic rings. The summed E-state index contributed by atoms with van der Waals surface area (Å²) in [5.41, 5.74) is 1.61. The van der Waals surface area contributed by atoms with Gasteiger partial charge in [0.15, 0.2) is 13.2 Å². The summed E-state index contributed by atoms with van der Waals surface area (Å²) in [4.78, 5) is 23.8. The van der Waals surface area contributed by atoms with Crippen LogP contribution in [0.15, 0.2) is 66.7 Å². The maximum atomic E-state index is 12.1. The number of hydrogen-bond acceptors (Lipinski definition) is 4. The van der Waals surface area contributed by atoms with Crippen LogP contribution in [0.2, 0.25) is 0 Å². The van der Waals surface area contributed by atoms with E-state index >= 15 is 0 Å². The summed E-state index contributed by atoms with van der Waals surface area (Å²) >= 11 is 0. The standard InChI is InChI=1S/C21H19NO4/c1-15-7-2-5-12-19(15)25-14-21(24)26-13-20(23)22-18-11-6-9-16-8-3-4-10-17(16)18/h2-12H,13-14H2,1H3,(H,22,23). The molecule has 0 heterocycles. The lowest BCUT2D eigenvalue weighted by Crippen LogP contribution is -2.23. The molecule has 26 heavy (non-hydrogen) atoms. The Bertz CT molecular complexity index is 931. The third kappa shape index (κ3) is 4.39. The summed E-state index contributed by atoms with van der Waals surface area (Å²) in [6.07, 6.45) is 0. The van der Waals surface area contributed by atoms with E-state index in [4.69, 9.17) is 9.47 Å². The fourth-order valence-corrected chi connectivity index (χ4v) is 2.56. The van der Waals surface area contributed by atoms with E-state index in [0.717, 1.165) is 16.3 Å². The van der Waals surface area contributed by atoms with Crippen molar-refractivity contribution < 1.29 is 19.1 Å². The molecule has 0 spiro atoms. The number of anilines is 1. The van der Waals surface area contributed by atoms with Crippen molar-refractivity contribution in [3.8, 4) is 5.75 Å². The van der Waals surface area contributed by atoms with Gasteiger partial charge in [-0.1, -0.05) is 54.6 Å². The summed E-state index contributed by atoms with van der Waals surface area (Å²) in [5.74, 6) is -0.378. The SMILES string of the molecule is Cc1ccccc1OCC(=O)OCC(=O)Nc1cccc2ccccc12. The maximum Gasteiger partial charge on any atom is 0.344 e. The Balaban J connectivity index is 1.50. The van der Waals surface area contributed by atoms with Gasteiger partial charge in [0.2, 0.25) is 0 Å². The highest BCUT2D eigenvalue weighted by atomic mass is 16.6. The summed E-state index contributed by atoms with van der Waals surface area (Å²) in [6.45, 7) is 1.28. The number of carbonyl (C=O) groups is 2. The van der Waals surface area contributed by atoms with E-state index in [1.807, 2.05) is 67.6 Å². The lowest BCUT2D eigenvalue weighted by atomic mass is 10.1. The molecular formula is C21H19NO4. The molecular weight excluding hydrogens is 330 g/mol. The number of fused-ring (bicyclic) bond motifs is 1. The first-order chi connectivity index (χ1) is 12.6. The molecule has 0 saturated heterocycles. The van der Waals surface area contributed by atoms with Crippen molar-refractivity contribution >= 4 is 28.3 Å². The molecule has 0 aliphatic carbocycles. The van der Waals surface area contributed by atoms with Gasteiger partial charge >= 0.3 is 5.97 Å². The van der Waals surface area contributed by atoms with E-state index in [9.17, 15) is 9.59 Å². The fraction of sp³-hybridized carbons (Fsp3) is 0.143. The molecule has 0 fully saturated rings. The number of carbonyl (C=O) groups excluding carboxylic acids is 2. The van der Waals surface area contributed by atoms with Crippen molar-refractivity contribution in [1.82, 2.24) is 0 Å². The van der Waals surface area contributed by atoms with Gasteiger partial charge in [0, 0.05) is 11.1 Å². The molecule has 0 bridgehead atoms. The first-order valence-electron chi connectivity index (χ1n) is 8.25. The van der Waals surface area contributed by atoms with Gasteiger partial charge in [-0.25, -0.2) is 4.79 Å². The van der Waals surface area contributed by atoms with Crippen LogP contribution in [0, 0.1) is 6.92 Å². The van der Waals surface area contributed by atoms with Crippen LogP contribution in [0.25, 0.3) is 10.8 Å². The first-order valence-corrected chi connectivity index (χ1v) is 8.25. The average molecular weight is 349 g/mol. The van der Waals surface area contributed by atoms with E-state index in [1.54, 1.807) is 6.07 Å². The van der Waals surface area contributed by atoms with E-state index in [1.165, 1.54) is 0 Å². The van der Waals surface area contributed by atoms with Gasteiger partial charge in [0.05, 0.1) is 0 Å². The van der Waals surface area contributed by atoms with Gasteiger partial charge in [-0.05, 0) is 30.0 Å². The van der Waals surface area contributed by atoms with Gasteiger partial charge in [0.25, 0.3) is 5.91 Å². The minimum absolute atomic E-state index is 0.244. The van der Waals surface area contributed by atoms with Gasteiger partial charge in [-0.15, -0.1) is 0 Å². The van der Waals surface area contributed by atoms with Gasteiger partial charge < -0.3 is 14.8 Å². The predicted octanol–water partition coefficient (Wildman–Crippen LogP) is 3.71. The van der Waals surface area contributed by atoms with Crippen molar-refractivity contribution in [1.29, 1.82) is 0 Å². The summed E-state index contributed by atoms with van der Waals surface area (Å²) in [6, 6.07) is 20.7. The third-order valence-electron chi connectivity index (χ3n) is 3.87. The lowest BCUT2D eigenvalue weighted by molar-refractivity contribution is -0.149. The van der Waals surface area contributed by atoms with Crippen molar-refractivity contribution in [2.24, 2.45) is 0 Å². The van der Waals surface area contributed by atoms with Gasteiger partial charge in [0.1, 0.15) is 5.75 Å². The first kappa shape index (κ1) is 17.5. The molecule has 0 saturated carbocycles. The molecule has 1 N–H and O–H groups in total. The molecule has 0 aliphatic heterocycles. The zero-order chi connectivity index (χ0) is 18.4. The van der Waals surface area contributed by atoms with Crippen LogP contribution >= 0.6 is 0 Å². The van der Waals surface area contributed by atoms with Crippen LogP contribution in [-0.2, 0) is 14.3 Å². The smallest absolute Gasteiger partial charge is 0.344 e. The number of benzene rings is 3. The quantitative estimate of drug-likeness (QED) is 0.689. The van der Waals surface area contributed by atoms with E-state index in [0.29, 0.717) is 11.4 Å². The molecule has 3 rings (SSSR count). The number of aryl methyl sites for hydroxylation is 1. The van der Waals surface area contributed by atoms with E-state index in [-0.39, 0.29) is 13.2 Å². The topological polar surface area (TPSA) is 64.6 Å². The highest BCUT2D eigenvalue weighted by molar-refractivity contribution is 6.02. The number of esters is 1. The summed E-state index contributed by atoms with van der Waals surface area (Å²) in [7, 11) is 0. The number of rotatable bonds is 6. The molecule has 0 atom stereocenters. The van der Waals surface area contributed by atoms with Crippen LogP contribution in [0.4, 0.5) is 5.69 Å². The third-order valence-corrected chi connectivity index (χ3v) is 3.87. The Hall–Kier alpha value is -3.34. The van der Waals surface area contributed by atoms with E-state index in [2.05, 4.69) is 5.32 Å². The molecule has 132 valence electrons. The largest absolute Gasteiger partial charge is 0.482 e. The Morgan fingerprint density at radius 2 is 1.62 bits per heavy atom. The molecule has 0 aliphatic rings. The Kier molecular flexibility index (Phi) is 5.49. The number of ether oxygens (including phenoxy) is 2. The normalized spacial score (nSPS) is 10.3. The second-order valence-electron chi connectivity index (χ2n) is 5.79. The number of amides is 1. The second-order valence-corrected chi connectivity index (χ2v) is 5.79. The Morgan fingerprint density at radius 3 is 2.46 bits per heavy atom. The van der Waals surface area contributed by atoms with Crippen molar-refractivity contribution in [3.05, 3.63) is 72.3 Å². The molecule has 5 heteroatoms. The molecule has 3 aromatic carbocycles. The summed E-state index contributed by atoms with van der Waals surface area (Å²) in [5, 5.41) is 4.72. The number of para-hydroxylation sites is 1.